The Labute approximate surface area is 50.7 Å². The number of halogens is 3. The quantitative estimate of drug-likeness (QED) is 0.477. The van der Waals surface area contributed by atoms with Gasteiger partial charge < -0.3 is 0 Å². The molecule has 0 fully saturated rings. The highest BCUT2D eigenvalue weighted by molar-refractivity contribution is 5.35. The smallest absolute Gasteiger partial charge is 0.190 e. The van der Waals surface area contributed by atoms with Crippen LogP contribution in [0, 0.1) is 0 Å². The number of rotatable bonds is 0. The predicted octanol–water partition coefficient (Wildman–Crippen LogP) is 2.78. The third-order valence-electron chi connectivity index (χ3n) is 1.23. The Balaban J connectivity index is 2.97. The van der Waals surface area contributed by atoms with Crippen molar-refractivity contribution in [1.82, 2.24) is 0 Å². The maximum atomic E-state index is 12.2. The van der Waals surface area contributed by atoms with Crippen molar-refractivity contribution in [3.05, 3.63) is 23.1 Å². The first-order valence-electron chi connectivity index (χ1n) is 2.52. The molecule has 0 radical (unpaired) electrons. The van der Waals surface area contributed by atoms with E-state index >= 15 is 0 Å². The standard InChI is InChI=1S/C6H5F3/c1-3-2-4(7)6(9)5(3)8/h2H2,1H3. The van der Waals surface area contributed by atoms with E-state index in [2.05, 4.69) is 0 Å². The zero-order chi connectivity index (χ0) is 7.02. The molecule has 0 saturated carbocycles. The predicted molar refractivity (Wildman–Crippen MR) is 27.7 cm³/mol. The van der Waals surface area contributed by atoms with Crippen molar-refractivity contribution in [3.63, 3.8) is 0 Å². The van der Waals surface area contributed by atoms with Crippen LogP contribution in [-0.2, 0) is 0 Å². The highest BCUT2D eigenvalue weighted by Gasteiger charge is 2.22. The lowest BCUT2D eigenvalue weighted by Crippen LogP contribution is -1.70. The summed E-state index contributed by atoms with van der Waals surface area (Å²) in [4.78, 5) is 0. The summed E-state index contributed by atoms with van der Waals surface area (Å²) >= 11 is 0. The molecule has 0 heterocycles. The third kappa shape index (κ3) is 0.866. The van der Waals surface area contributed by atoms with Crippen molar-refractivity contribution in [3.8, 4) is 0 Å². The first kappa shape index (κ1) is 6.39. The van der Waals surface area contributed by atoms with Gasteiger partial charge in [-0.2, -0.15) is 0 Å². The van der Waals surface area contributed by atoms with Gasteiger partial charge in [0.15, 0.2) is 11.7 Å². The summed E-state index contributed by atoms with van der Waals surface area (Å²) in [6.07, 6.45) is -0.211. The van der Waals surface area contributed by atoms with Crippen LogP contribution in [0.25, 0.3) is 0 Å². The summed E-state index contributed by atoms with van der Waals surface area (Å²) < 4.78 is 36.2. The molecule has 0 atom stereocenters. The van der Waals surface area contributed by atoms with E-state index in [0.29, 0.717) is 0 Å². The topological polar surface area (TPSA) is 0 Å². The first-order chi connectivity index (χ1) is 4.13. The molecule has 0 amide bonds. The maximum absolute atomic E-state index is 12.2. The lowest BCUT2D eigenvalue weighted by atomic mass is 10.3. The average molecular weight is 134 g/mol. The minimum absolute atomic E-state index is 0.130. The van der Waals surface area contributed by atoms with E-state index in [1.54, 1.807) is 0 Å². The molecule has 0 nitrogen and oxygen atoms in total. The normalized spacial score (nSPS) is 20.0. The zero-order valence-corrected chi connectivity index (χ0v) is 4.84. The summed E-state index contributed by atoms with van der Waals surface area (Å²) in [6, 6.07) is 0. The fourth-order valence-corrected chi connectivity index (χ4v) is 0.694. The van der Waals surface area contributed by atoms with Crippen molar-refractivity contribution in [2.24, 2.45) is 0 Å². The fraction of sp³-hybridized carbons (Fsp3) is 0.333. The number of allylic oxidation sites excluding steroid dienone is 4. The van der Waals surface area contributed by atoms with Gasteiger partial charge in [-0.05, 0) is 12.5 Å². The van der Waals surface area contributed by atoms with Crippen molar-refractivity contribution in [2.75, 3.05) is 0 Å². The zero-order valence-electron chi connectivity index (χ0n) is 4.84. The van der Waals surface area contributed by atoms with E-state index in [1.165, 1.54) is 6.92 Å². The van der Waals surface area contributed by atoms with E-state index < -0.39 is 17.5 Å². The van der Waals surface area contributed by atoms with Crippen LogP contribution in [0.5, 0.6) is 0 Å². The summed E-state index contributed by atoms with van der Waals surface area (Å²) in [6.45, 7) is 1.36. The van der Waals surface area contributed by atoms with Crippen LogP contribution in [0.3, 0.4) is 0 Å². The average Bonchev–Trinajstić information content (AvgIpc) is 1.98. The summed E-state index contributed by atoms with van der Waals surface area (Å²) in [5.41, 5.74) is 0.130. The molecule has 1 rings (SSSR count). The molecule has 0 bridgehead atoms. The monoisotopic (exact) mass is 134 g/mol. The van der Waals surface area contributed by atoms with E-state index in [1.807, 2.05) is 0 Å². The molecule has 0 N–H and O–H groups in total. The molecule has 0 saturated heterocycles. The Bertz CT molecular complexity index is 178. The maximum Gasteiger partial charge on any atom is 0.190 e. The number of hydrogen-bond acceptors (Lipinski definition) is 0. The molecule has 50 valence electrons. The highest BCUT2D eigenvalue weighted by atomic mass is 19.2. The van der Waals surface area contributed by atoms with Gasteiger partial charge in [-0.15, -0.1) is 0 Å². The molecule has 1 aliphatic carbocycles. The molecular weight excluding hydrogens is 129 g/mol. The summed E-state index contributed by atoms with van der Waals surface area (Å²) in [5.74, 6) is -3.36. The van der Waals surface area contributed by atoms with E-state index in [4.69, 9.17) is 0 Å². The fourth-order valence-electron chi connectivity index (χ4n) is 0.694. The van der Waals surface area contributed by atoms with Crippen molar-refractivity contribution in [1.29, 1.82) is 0 Å². The van der Waals surface area contributed by atoms with E-state index in [-0.39, 0.29) is 12.0 Å². The van der Waals surface area contributed by atoms with Gasteiger partial charge in [0.25, 0.3) is 0 Å². The minimum atomic E-state index is -1.33. The largest absolute Gasteiger partial charge is 0.208 e. The number of hydrogen-bond donors (Lipinski definition) is 0. The van der Waals surface area contributed by atoms with Crippen LogP contribution in [0.15, 0.2) is 23.1 Å². The van der Waals surface area contributed by atoms with Crippen LogP contribution in [0.2, 0.25) is 0 Å². The Hall–Kier alpha value is -0.730. The third-order valence-corrected chi connectivity index (χ3v) is 1.23. The summed E-state index contributed by atoms with van der Waals surface area (Å²) in [7, 11) is 0. The van der Waals surface area contributed by atoms with Crippen molar-refractivity contribution < 1.29 is 13.2 Å². The Kier molecular flexibility index (Phi) is 1.35. The van der Waals surface area contributed by atoms with E-state index in [0.717, 1.165) is 0 Å². The highest BCUT2D eigenvalue weighted by Crippen LogP contribution is 2.33. The lowest BCUT2D eigenvalue weighted by Gasteiger charge is -1.84. The molecule has 0 spiro atoms. The second-order valence-electron chi connectivity index (χ2n) is 1.99. The molecular formula is C6H5F3. The molecule has 0 unspecified atom stereocenters. The van der Waals surface area contributed by atoms with Crippen LogP contribution >= 0.6 is 0 Å². The minimum Gasteiger partial charge on any atom is -0.208 e. The summed E-state index contributed by atoms with van der Waals surface area (Å²) in [5, 5.41) is 0. The SMILES string of the molecule is CC1=C(F)C(F)=C(F)C1. The Morgan fingerprint density at radius 1 is 1.11 bits per heavy atom. The molecule has 0 aromatic rings. The van der Waals surface area contributed by atoms with Gasteiger partial charge in [0, 0.05) is 6.42 Å². The molecule has 1 aliphatic rings. The van der Waals surface area contributed by atoms with Gasteiger partial charge in [0.05, 0.1) is 0 Å². The Morgan fingerprint density at radius 3 is 1.78 bits per heavy atom. The molecule has 0 aromatic carbocycles. The van der Waals surface area contributed by atoms with Gasteiger partial charge in [-0.25, -0.2) is 13.2 Å². The lowest BCUT2D eigenvalue weighted by molar-refractivity contribution is 0.507. The molecule has 0 aromatic heterocycles. The Morgan fingerprint density at radius 2 is 1.67 bits per heavy atom. The molecule has 9 heavy (non-hydrogen) atoms. The van der Waals surface area contributed by atoms with Gasteiger partial charge in [0.1, 0.15) is 5.83 Å². The second-order valence-corrected chi connectivity index (χ2v) is 1.99. The van der Waals surface area contributed by atoms with E-state index in [9.17, 15) is 13.2 Å². The van der Waals surface area contributed by atoms with Gasteiger partial charge in [-0.3, -0.25) is 0 Å². The second kappa shape index (κ2) is 1.90. The van der Waals surface area contributed by atoms with Crippen LogP contribution in [-0.4, -0.2) is 0 Å². The molecule has 3 heteroatoms. The first-order valence-corrected chi connectivity index (χ1v) is 2.52. The van der Waals surface area contributed by atoms with Gasteiger partial charge >= 0.3 is 0 Å². The molecule has 0 aliphatic heterocycles. The van der Waals surface area contributed by atoms with Crippen molar-refractivity contribution >= 4 is 0 Å². The van der Waals surface area contributed by atoms with Crippen LogP contribution in [0.1, 0.15) is 13.3 Å². The van der Waals surface area contributed by atoms with Crippen LogP contribution in [0.4, 0.5) is 13.2 Å². The van der Waals surface area contributed by atoms with Gasteiger partial charge in [-0.1, -0.05) is 0 Å². The van der Waals surface area contributed by atoms with Crippen LogP contribution < -0.4 is 0 Å². The van der Waals surface area contributed by atoms with Crippen molar-refractivity contribution in [2.45, 2.75) is 13.3 Å². The van der Waals surface area contributed by atoms with Gasteiger partial charge in [0.2, 0.25) is 0 Å².